The molecule has 0 radical (unpaired) electrons. The molecule has 2 N–H and O–H groups in total. The number of nitriles is 1. The van der Waals surface area contributed by atoms with Crippen LogP contribution in [0, 0.1) is 11.3 Å². The zero-order chi connectivity index (χ0) is 15.1. The van der Waals surface area contributed by atoms with Gasteiger partial charge in [0.1, 0.15) is 11.6 Å². The summed E-state index contributed by atoms with van der Waals surface area (Å²) in [5, 5.41) is 8.73. The van der Waals surface area contributed by atoms with Crippen LogP contribution in [0.25, 0.3) is 6.08 Å². The second kappa shape index (κ2) is 7.09. The largest absolute Gasteiger partial charge is 0.490 e. The fourth-order valence-electron chi connectivity index (χ4n) is 1.40. The van der Waals surface area contributed by atoms with E-state index in [-0.39, 0.29) is 23.7 Å². The summed E-state index contributed by atoms with van der Waals surface area (Å²) in [5.74, 6) is -0.918. The number of hydrogen-bond donors (Lipinski definition) is 1. The van der Waals surface area contributed by atoms with Crippen molar-refractivity contribution in [2.75, 3.05) is 6.61 Å². The molecular weight excluding hydrogens is 270 g/mol. The van der Waals surface area contributed by atoms with Gasteiger partial charge in [0.15, 0.2) is 11.5 Å². The molecule has 5 nitrogen and oxygen atoms in total. The highest BCUT2D eigenvalue weighted by Crippen LogP contribution is 2.30. The minimum absolute atomic E-state index is 0.0864. The van der Waals surface area contributed by atoms with Crippen molar-refractivity contribution in [2.45, 2.75) is 13.5 Å². The third kappa shape index (κ3) is 4.24. The molecule has 0 aliphatic heterocycles. The van der Waals surface area contributed by atoms with Crippen molar-refractivity contribution in [3.05, 3.63) is 29.3 Å². The number of alkyl halides is 2. The monoisotopic (exact) mass is 282 g/mol. The Bertz CT molecular complexity index is 565. The van der Waals surface area contributed by atoms with Gasteiger partial charge in [-0.25, -0.2) is 0 Å². The van der Waals surface area contributed by atoms with E-state index in [1.165, 1.54) is 24.3 Å². The lowest BCUT2D eigenvalue weighted by molar-refractivity contribution is -0.114. The number of carbonyl (C=O) groups is 1. The Morgan fingerprint density at radius 3 is 2.70 bits per heavy atom. The molecule has 0 unspecified atom stereocenters. The van der Waals surface area contributed by atoms with Gasteiger partial charge < -0.3 is 15.2 Å². The molecule has 0 aliphatic rings. The van der Waals surface area contributed by atoms with Crippen molar-refractivity contribution in [1.29, 1.82) is 5.26 Å². The third-order valence-corrected chi connectivity index (χ3v) is 2.18. The Balaban J connectivity index is 3.16. The lowest BCUT2D eigenvalue weighted by Gasteiger charge is -2.11. The number of carbonyl (C=O) groups excluding carboxylic acids is 1. The summed E-state index contributed by atoms with van der Waals surface area (Å²) in [5.41, 5.74) is 5.16. The zero-order valence-electron chi connectivity index (χ0n) is 10.6. The number of nitrogens with zero attached hydrogens (tertiary/aromatic N) is 1. The van der Waals surface area contributed by atoms with E-state index in [2.05, 4.69) is 4.74 Å². The van der Waals surface area contributed by atoms with E-state index >= 15 is 0 Å². The lowest BCUT2D eigenvalue weighted by Crippen LogP contribution is -2.12. The lowest BCUT2D eigenvalue weighted by atomic mass is 10.1. The summed E-state index contributed by atoms with van der Waals surface area (Å²) in [6, 6.07) is 5.69. The Morgan fingerprint density at radius 2 is 2.20 bits per heavy atom. The maximum Gasteiger partial charge on any atom is 0.387 e. The van der Waals surface area contributed by atoms with Crippen LogP contribution >= 0.6 is 0 Å². The molecule has 106 valence electrons. The van der Waals surface area contributed by atoms with E-state index < -0.39 is 12.5 Å². The van der Waals surface area contributed by atoms with Crippen LogP contribution in [0.5, 0.6) is 11.5 Å². The first-order valence-electron chi connectivity index (χ1n) is 5.61. The molecule has 1 amide bonds. The summed E-state index contributed by atoms with van der Waals surface area (Å²) in [6.45, 7) is -1.05. The predicted octanol–water partition coefficient (Wildman–Crippen LogP) is 2.08. The van der Waals surface area contributed by atoms with Gasteiger partial charge in [-0.3, -0.25) is 4.79 Å². The van der Waals surface area contributed by atoms with E-state index in [9.17, 15) is 13.6 Å². The SMILES string of the molecule is CCOc1cc(C=C(C#N)C(N)=O)ccc1OC(F)F. The van der Waals surface area contributed by atoms with Gasteiger partial charge in [0.05, 0.1) is 6.61 Å². The number of halogens is 2. The molecular formula is C13H12F2N2O3. The molecule has 7 heteroatoms. The van der Waals surface area contributed by atoms with E-state index in [1.54, 1.807) is 13.0 Å². The maximum atomic E-state index is 12.2. The molecule has 0 aliphatic carbocycles. The molecule has 0 aromatic heterocycles. The van der Waals surface area contributed by atoms with Gasteiger partial charge in [-0.1, -0.05) is 6.07 Å². The summed E-state index contributed by atoms with van der Waals surface area (Å²) in [7, 11) is 0. The highest BCUT2D eigenvalue weighted by atomic mass is 19.3. The Labute approximate surface area is 114 Å². The quantitative estimate of drug-likeness (QED) is 0.639. The van der Waals surface area contributed by atoms with Gasteiger partial charge in [0.2, 0.25) is 0 Å². The highest BCUT2D eigenvalue weighted by Gasteiger charge is 2.12. The molecule has 1 aromatic carbocycles. The smallest absolute Gasteiger partial charge is 0.387 e. The average molecular weight is 282 g/mol. The highest BCUT2D eigenvalue weighted by molar-refractivity contribution is 6.00. The molecule has 0 bridgehead atoms. The van der Waals surface area contributed by atoms with Crippen LogP contribution in [-0.2, 0) is 4.79 Å². The van der Waals surface area contributed by atoms with Crippen molar-refractivity contribution in [1.82, 2.24) is 0 Å². The fraction of sp³-hybridized carbons (Fsp3) is 0.231. The van der Waals surface area contributed by atoms with E-state index in [0.29, 0.717) is 5.56 Å². The van der Waals surface area contributed by atoms with Crippen LogP contribution in [0.4, 0.5) is 8.78 Å². The molecule has 1 rings (SSSR count). The number of nitrogens with two attached hydrogens (primary N) is 1. The van der Waals surface area contributed by atoms with E-state index in [4.69, 9.17) is 15.7 Å². The first-order chi connectivity index (χ1) is 9.47. The first-order valence-corrected chi connectivity index (χ1v) is 5.61. The van der Waals surface area contributed by atoms with Gasteiger partial charge in [-0.05, 0) is 30.7 Å². The molecule has 0 heterocycles. The average Bonchev–Trinajstić information content (AvgIpc) is 2.38. The van der Waals surface area contributed by atoms with Gasteiger partial charge in [-0.15, -0.1) is 0 Å². The van der Waals surface area contributed by atoms with Gasteiger partial charge in [0.25, 0.3) is 5.91 Å². The van der Waals surface area contributed by atoms with Crippen LogP contribution in [0.1, 0.15) is 12.5 Å². The second-order valence-corrected chi connectivity index (χ2v) is 3.55. The topological polar surface area (TPSA) is 85.3 Å². The van der Waals surface area contributed by atoms with Gasteiger partial charge in [0, 0.05) is 0 Å². The van der Waals surface area contributed by atoms with Crippen LogP contribution in [0.3, 0.4) is 0 Å². The maximum absolute atomic E-state index is 12.2. The van der Waals surface area contributed by atoms with Crippen molar-refractivity contribution in [3.63, 3.8) is 0 Å². The summed E-state index contributed by atoms with van der Waals surface area (Å²) in [6.07, 6.45) is 1.23. The van der Waals surface area contributed by atoms with Crippen molar-refractivity contribution < 1.29 is 23.0 Å². The van der Waals surface area contributed by atoms with Crippen LogP contribution < -0.4 is 15.2 Å². The standard InChI is InChI=1S/C13H12F2N2O3/c1-2-19-11-6-8(5-9(7-16)12(17)18)3-4-10(11)20-13(14)15/h3-6,13H,2H2,1H3,(H2,17,18). The summed E-state index contributed by atoms with van der Waals surface area (Å²) >= 11 is 0. The number of rotatable bonds is 6. The van der Waals surface area contributed by atoms with Gasteiger partial charge >= 0.3 is 6.61 Å². The van der Waals surface area contributed by atoms with Crippen LogP contribution in [0.15, 0.2) is 23.8 Å². The Kier molecular flexibility index (Phi) is 5.47. The first kappa shape index (κ1) is 15.4. The van der Waals surface area contributed by atoms with Gasteiger partial charge in [-0.2, -0.15) is 14.0 Å². The normalized spacial score (nSPS) is 11.1. The second-order valence-electron chi connectivity index (χ2n) is 3.55. The van der Waals surface area contributed by atoms with Crippen molar-refractivity contribution in [3.8, 4) is 17.6 Å². The fourth-order valence-corrected chi connectivity index (χ4v) is 1.40. The molecule has 0 saturated heterocycles. The number of ether oxygens (including phenoxy) is 2. The molecule has 0 saturated carbocycles. The molecule has 0 atom stereocenters. The van der Waals surface area contributed by atoms with Crippen molar-refractivity contribution >= 4 is 12.0 Å². The molecule has 0 spiro atoms. The van der Waals surface area contributed by atoms with Crippen LogP contribution in [-0.4, -0.2) is 19.1 Å². The van der Waals surface area contributed by atoms with Crippen molar-refractivity contribution in [2.24, 2.45) is 5.73 Å². The third-order valence-electron chi connectivity index (χ3n) is 2.18. The molecule has 1 aromatic rings. The molecule has 0 fully saturated rings. The minimum Gasteiger partial charge on any atom is -0.490 e. The number of hydrogen-bond acceptors (Lipinski definition) is 4. The Hall–Kier alpha value is -2.62. The number of amides is 1. The number of benzene rings is 1. The van der Waals surface area contributed by atoms with E-state index in [0.717, 1.165) is 0 Å². The number of primary amides is 1. The predicted molar refractivity (Wildman–Crippen MR) is 67.0 cm³/mol. The zero-order valence-corrected chi connectivity index (χ0v) is 10.6. The van der Waals surface area contributed by atoms with E-state index in [1.807, 2.05) is 0 Å². The summed E-state index contributed by atoms with van der Waals surface area (Å²) < 4.78 is 33.9. The Morgan fingerprint density at radius 1 is 1.50 bits per heavy atom. The minimum atomic E-state index is -2.98. The molecule has 20 heavy (non-hydrogen) atoms. The van der Waals surface area contributed by atoms with Crippen LogP contribution in [0.2, 0.25) is 0 Å². The summed E-state index contributed by atoms with van der Waals surface area (Å²) in [4.78, 5) is 10.9.